The van der Waals surface area contributed by atoms with Crippen LogP contribution in [-0.4, -0.2) is 31.2 Å². The fourth-order valence-corrected chi connectivity index (χ4v) is 3.82. The molecular weight excluding hydrogens is 306 g/mol. The highest BCUT2D eigenvalue weighted by Crippen LogP contribution is 2.27. The molecule has 0 atom stereocenters. The minimum absolute atomic E-state index is 1.01. The van der Waals surface area contributed by atoms with Crippen molar-refractivity contribution in [1.82, 2.24) is 4.98 Å². The summed E-state index contributed by atoms with van der Waals surface area (Å²) in [5, 5.41) is 1.28. The molecule has 2 aromatic carbocycles. The highest BCUT2D eigenvalue weighted by atomic mass is 15.3. The number of anilines is 2. The molecule has 0 bridgehead atoms. The molecule has 25 heavy (non-hydrogen) atoms. The smallest absolute Gasteiger partial charge is 0.129 e. The molecule has 3 aromatic rings. The van der Waals surface area contributed by atoms with E-state index in [0.717, 1.165) is 37.5 Å². The number of hydrogen-bond donors (Lipinski definition) is 0. The van der Waals surface area contributed by atoms with Crippen molar-refractivity contribution in [2.45, 2.75) is 20.8 Å². The van der Waals surface area contributed by atoms with Crippen molar-refractivity contribution < 1.29 is 0 Å². The summed E-state index contributed by atoms with van der Waals surface area (Å²) in [5.41, 5.74) is 6.35. The standard InChI is InChI=1S/C22H25N3/c1-16-13-18(3)22-20(14-16)17(2)15-21(23-22)25-11-9-24(10-12-25)19-7-5-4-6-8-19/h4-8,13-15H,9-12H2,1-3H3. The second-order valence-corrected chi connectivity index (χ2v) is 7.08. The van der Waals surface area contributed by atoms with Crippen LogP contribution in [0.5, 0.6) is 0 Å². The molecule has 1 saturated heterocycles. The maximum atomic E-state index is 5.01. The van der Waals surface area contributed by atoms with Gasteiger partial charge in [0.25, 0.3) is 0 Å². The van der Waals surface area contributed by atoms with Crippen molar-refractivity contribution in [2.75, 3.05) is 36.0 Å². The Morgan fingerprint density at radius 2 is 1.44 bits per heavy atom. The van der Waals surface area contributed by atoms with Gasteiger partial charge in [-0.2, -0.15) is 0 Å². The fourth-order valence-electron chi connectivity index (χ4n) is 3.82. The van der Waals surface area contributed by atoms with Gasteiger partial charge >= 0.3 is 0 Å². The molecular formula is C22H25N3. The number of piperazine rings is 1. The number of aryl methyl sites for hydroxylation is 3. The highest BCUT2D eigenvalue weighted by molar-refractivity contribution is 5.87. The summed E-state index contributed by atoms with van der Waals surface area (Å²) in [7, 11) is 0. The van der Waals surface area contributed by atoms with Crippen LogP contribution in [0.1, 0.15) is 16.7 Å². The molecule has 1 fully saturated rings. The van der Waals surface area contributed by atoms with E-state index in [1.807, 2.05) is 0 Å². The lowest BCUT2D eigenvalue weighted by molar-refractivity contribution is 0.648. The van der Waals surface area contributed by atoms with Crippen LogP contribution in [0.25, 0.3) is 10.9 Å². The van der Waals surface area contributed by atoms with Gasteiger partial charge in [-0.3, -0.25) is 0 Å². The van der Waals surface area contributed by atoms with E-state index in [1.165, 1.54) is 27.8 Å². The normalized spacial score (nSPS) is 15.0. The first-order valence-electron chi connectivity index (χ1n) is 9.05. The average Bonchev–Trinajstić information content (AvgIpc) is 2.63. The van der Waals surface area contributed by atoms with Gasteiger partial charge in [0, 0.05) is 37.3 Å². The Bertz CT molecular complexity index is 894. The Hall–Kier alpha value is -2.55. The number of pyridine rings is 1. The summed E-state index contributed by atoms with van der Waals surface area (Å²) < 4.78 is 0. The van der Waals surface area contributed by atoms with Crippen LogP contribution in [0.3, 0.4) is 0 Å². The third kappa shape index (κ3) is 3.07. The highest BCUT2D eigenvalue weighted by Gasteiger charge is 2.19. The van der Waals surface area contributed by atoms with Gasteiger partial charge in [-0.05, 0) is 56.2 Å². The van der Waals surface area contributed by atoms with Crippen LogP contribution >= 0.6 is 0 Å². The summed E-state index contributed by atoms with van der Waals surface area (Å²) in [4.78, 5) is 9.88. The topological polar surface area (TPSA) is 19.4 Å². The minimum atomic E-state index is 1.01. The van der Waals surface area contributed by atoms with Gasteiger partial charge in [-0.15, -0.1) is 0 Å². The molecule has 4 rings (SSSR count). The van der Waals surface area contributed by atoms with Crippen LogP contribution in [0.4, 0.5) is 11.5 Å². The summed E-state index contributed by atoms with van der Waals surface area (Å²) in [6.45, 7) is 10.6. The van der Waals surface area contributed by atoms with Crippen LogP contribution in [0.2, 0.25) is 0 Å². The second kappa shape index (κ2) is 6.40. The summed E-state index contributed by atoms with van der Waals surface area (Å²) in [6, 6.07) is 17.4. The van der Waals surface area contributed by atoms with Gasteiger partial charge < -0.3 is 9.80 Å². The van der Waals surface area contributed by atoms with E-state index >= 15 is 0 Å². The van der Waals surface area contributed by atoms with Crippen LogP contribution in [-0.2, 0) is 0 Å². The molecule has 3 heteroatoms. The molecule has 2 heterocycles. The lowest BCUT2D eigenvalue weighted by Crippen LogP contribution is -2.46. The zero-order valence-electron chi connectivity index (χ0n) is 15.3. The Balaban J connectivity index is 1.59. The van der Waals surface area contributed by atoms with Crippen molar-refractivity contribution in [3.8, 4) is 0 Å². The Morgan fingerprint density at radius 3 is 2.16 bits per heavy atom. The van der Waals surface area contributed by atoms with E-state index in [1.54, 1.807) is 0 Å². The number of hydrogen-bond acceptors (Lipinski definition) is 3. The molecule has 3 nitrogen and oxygen atoms in total. The molecule has 1 aliphatic rings. The van der Waals surface area contributed by atoms with E-state index < -0.39 is 0 Å². The number of fused-ring (bicyclic) bond motifs is 1. The van der Waals surface area contributed by atoms with Crippen LogP contribution in [0, 0.1) is 20.8 Å². The fraction of sp³-hybridized carbons (Fsp3) is 0.318. The predicted molar refractivity (Wildman–Crippen MR) is 107 cm³/mol. The zero-order chi connectivity index (χ0) is 17.4. The van der Waals surface area contributed by atoms with E-state index in [0.29, 0.717) is 0 Å². The Kier molecular flexibility index (Phi) is 4.08. The molecule has 1 aliphatic heterocycles. The van der Waals surface area contributed by atoms with Gasteiger partial charge in [0.15, 0.2) is 0 Å². The first-order valence-corrected chi connectivity index (χ1v) is 9.05. The first kappa shape index (κ1) is 15.9. The van der Waals surface area contributed by atoms with Crippen molar-refractivity contribution >= 4 is 22.4 Å². The van der Waals surface area contributed by atoms with Crippen molar-refractivity contribution in [3.63, 3.8) is 0 Å². The molecule has 0 amide bonds. The maximum absolute atomic E-state index is 5.01. The molecule has 0 N–H and O–H groups in total. The third-order valence-electron chi connectivity index (χ3n) is 5.17. The number of nitrogens with zero attached hydrogens (tertiary/aromatic N) is 3. The van der Waals surface area contributed by atoms with E-state index in [9.17, 15) is 0 Å². The van der Waals surface area contributed by atoms with Crippen LogP contribution in [0.15, 0.2) is 48.5 Å². The number of aromatic nitrogens is 1. The first-order chi connectivity index (χ1) is 12.1. The molecule has 0 spiro atoms. The van der Waals surface area contributed by atoms with Crippen molar-refractivity contribution in [1.29, 1.82) is 0 Å². The molecule has 0 aliphatic carbocycles. The van der Waals surface area contributed by atoms with E-state index in [2.05, 4.69) is 79.1 Å². The van der Waals surface area contributed by atoms with Crippen LogP contribution < -0.4 is 9.80 Å². The van der Waals surface area contributed by atoms with E-state index in [4.69, 9.17) is 4.98 Å². The average molecular weight is 331 g/mol. The van der Waals surface area contributed by atoms with Gasteiger partial charge in [-0.25, -0.2) is 4.98 Å². The molecule has 1 aromatic heterocycles. The molecule has 0 saturated carbocycles. The second-order valence-electron chi connectivity index (χ2n) is 7.08. The molecule has 0 unspecified atom stereocenters. The molecule has 0 radical (unpaired) electrons. The monoisotopic (exact) mass is 331 g/mol. The van der Waals surface area contributed by atoms with Crippen molar-refractivity contribution in [2.24, 2.45) is 0 Å². The lowest BCUT2D eigenvalue weighted by Gasteiger charge is -2.37. The zero-order valence-corrected chi connectivity index (χ0v) is 15.3. The number of rotatable bonds is 2. The predicted octanol–water partition coefficient (Wildman–Crippen LogP) is 4.49. The largest absolute Gasteiger partial charge is 0.368 e. The van der Waals surface area contributed by atoms with Gasteiger partial charge in [0.1, 0.15) is 5.82 Å². The summed E-state index contributed by atoms with van der Waals surface area (Å²) in [6.07, 6.45) is 0. The maximum Gasteiger partial charge on any atom is 0.129 e. The number of para-hydroxylation sites is 1. The SMILES string of the molecule is Cc1cc(C)c2nc(N3CCN(c4ccccc4)CC3)cc(C)c2c1. The summed E-state index contributed by atoms with van der Waals surface area (Å²) in [5.74, 6) is 1.12. The van der Waals surface area contributed by atoms with E-state index in [-0.39, 0.29) is 0 Å². The third-order valence-corrected chi connectivity index (χ3v) is 5.17. The van der Waals surface area contributed by atoms with Gasteiger partial charge in [0.05, 0.1) is 5.52 Å². The number of benzene rings is 2. The summed E-state index contributed by atoms with van der Waals surface area (Å²) >= 11 is 0. The van der Waals surface area contributed by atoms with Gasteiger partial charge in [-0.1, -0.05) is 29.8 Å². The molecule has 128 valence electrons. The van der Waals surface area contributed by atoms with Gasteiger partial charge in [0.2, 0.25) is 0 Å². The minimum Gasteiger partial charge on any atom is -0.368 e. The Morgan fingerprint density at radius 1 is 0.760 bits per heavy atom. The van der Waals surface area contributed by atoms with Crippen molar-refractivity contribution in [3.05, 3.63) is 65.2 Å². The quantitative estimate of drug-likeness (QED) is 0.690. The lowest BCUT2D eigenvalue weighted by atomic mass is 10.0. The Labute approximate surface area is 149 Å².